The number of benzene rings is 1. The molecule has 152 valence electrons. The van der Waals surface area contributed by atoms with Crippen molar-refractivity contribution in [3.63, 3.8) is 0 Å². The first-order chi connectivity index (χ1) is 13.2. The summed E-state index contributed by atoms with van der Waals surface area (Å²) in [6, 6.07) is 2.41. The predicted octanol–water partition coefficient (Wildman–Crippen LogP) is 2.80. The fourth-order valence-electron chi connectivity index (χ4n) is 2.96. The van der Waals surface area contributed by atoms with Crippen LogP contribution in [0, 0.1) is 17.6 Å². The minimum atomic E-state index is -1.08. The third-order valence-corrected chi connectivity index (χ3v) is 4.38. The van der Waals surface area contributed by atoms with Crippen molar-refractivity contribution in [3.8, 4) is 0 Å². The van der Waals surface area contributed by atoms with Crippen molar-refractivity contribution >= 4 is 11.8 Å². The highest BCUT2D eigenvalue weighted by Crippen LogP contribution is 2.14. The first-order valence-electron chi connectivity index (χ1n) is 9.10. The molecule has 2 atom stereocenters. The van der Waals surface area contributed by atoms with Crippen molar-refractivity contribution in [1.29, 1.82) is 0 Å². The molecule has 28 heavy (non-hydrogen) atoms. The van der Waals surface area contributed by atoms with Crippen LogP contribution >= 0.6 is 0 Å². The Kier molecular flexibility index (Phi) is 7.39. The van der Waals surface area contributed by atoms with Crippen molar-refractivity contribution in [3.05, 3.63) is 53.6 Å². The van der Waals surface area contributed by atoms with Crippen molar-refractivity contribution in [2.75, 3.05) is 0 Å². The van der Waals surface area contributed by atoms with Crippen LogP contribution in [0.3, 0.4) is 0 Å². The largest absolute Gasteiger partial charge is 0.480 e. The lowest BCUT2D eigenvalue weighted by Crippen LogP contribution is -2.48. The number of carboxylic acids is 1. The fourth-order valence-corrected chi connectivity index (χ4v) is 2.96. The van der Waals surface area contributed by atoms with E-state index in [-0.39, 0.29) is 30.2 Å². The Balaban J connectivity index is 2.09. The van der Waals surface area contributed by atoms with Gasteiger partial charge in [-0.3, -0.25) is 14.9 Å². The molecule has 0 aliphatic carbocycles. The summed E-state index contributed by atoms with van der Waals surface area (Å²) >= 11 is 0. The lowest BCUT2D eigenvalue weighted by atomic mass is 9.99. The Morgan fingerprint density at radius 3 is 2.57 bits per heavy atom. The third-order valence-electron chi connectivity index (χ3n) is 4.38. The molecule has 1 aromatic carbocycles. The lowest BCUT2D eigenvalue weighted by molar-refractivity contribution is -0.139. The molecule has 0 saturated carbocycles. The number of ketones is 1. The highest BCUT2D eigenvalue weighted by Gasteiger charge is 2.25. The zero-order chi connectivity index (χ0) is 20.8. The summed E-state index contributed by atoms with van der Waals surface area (Å²) in [4.78, 5) is 27.6. The average molecular weight is 393 g/mol. The maximum atomic E-state index is 13.8. The van der Waals surface area contributed by atoms with Crippen LogP contribution < -0.4 is 5.32 Å². The number of halogens is 2. The minimum Gasteiger partial charge on any atom is -0.480 e. The van der Waals surface area contributed by atoms with E-state index in [1.807, 2.05) is 13.8 Å². The van der Waals surface area contributed by atoms with Crippen LogP contribution in [0.2, 0.25) is 0 Å². The van der Waals surface area contributed by atoms with E-state index in [2.05, 4.69) is 10.3 Å². The molecule has 1 heterocycles. The summed E-state index contributed by atoms with van der Waals surface area (Å²) in [6.45, 7) is 5.42. The fraction of sp³-hybridized carbons (Fsp3) is 0.450. The molecule has 0 aliphatic heterocycles. The third kappa shape index (κ3) is 5.95. The molecule has 0 amide bonds. The Hall–Kier alpha value is -2.61. The number of hydrogen-bond donors (Lipinski definition) is 2. The second kappa shape index (κ2) is 9.54. The maximum absolute atomic E-state index is 13.8. The summed E-state index contributed by atoms with van der Waals surface area (Å²) < 4.78 is 28.7. The topological polar surface area (TPSA) is 84.2 Å². The van der Waals surface area contributed by atoms with Gasteiger partial charge in [0.05, 0.1) is 24.6 Å². The summed E-state index contributed by atoms with van der Waals surface area (Å²) in [6.07, 6.45) is 3.63. The van der Waals surface area contributed by atoms with Gasteiger partial charge < -0.3 is 9.67 Å². The van der Waals surface area contributed by atoms with Gasteiger partial charge in [-0.05, 0) is 25.3 Å². The summed E-state index contributed by atoms with van der Waals surface area (Å²) in [5.74, 6) is -2.81. The highest BCUT2D eigenvalue weighted by atomic mass is 19.2. The smallest absolute Gasteiger partial charge is 0.321 e. The second-order valence-electron chi connectivity index (χ2n) is 7.30. The maximum Gasteiger partial charge on any atom is 0.321 e. The van der Waals surface area contributed by atoms with E-state index in [1.165, 1.54) is 25.4 Å². The van der Waals surface area contributed by atoms with Gasteiger partial charge >= 0.3 is 5.97 Å². The Morgan fingerprint density at radius 1 is 1.25 bits per heavy atom. The van der Waals surface area contributed by atoms with Crippen LogP contribution in [0.4, 0.5) is 8.78 Å². The van der Waals surface area contributed by atoms with E-state index in [1.54, 1.807) is 10.8 Å². The standard InChI is InChI=1S/C20H25F2N3O3/c1-12(2)7-17(13(3)26)24-18(20(27)28)8-15-10-25(11-23-15)9-14-5-4-6-16(21)19(14)22/h4-6,10-12,17-18,24H,7-9H2,1-3H3,(H,27,28)/t17?,18-/m0/s1. The second-order valence-corrected chi connectivity index (χ2v) is 7.30. The molecule has 2 rings (SSSR count). The van der Waals surface area contributed by atoms with Gasteiger partial charge in [0.25, 0.3) is 0 Å². The molecular weight excluding hydrogens is 368 g/mol. The minimum absolute atomic E-state index is 0.0653. The number of hydrogen-bond acceptors (Lipinski definition) is 4. The number of carboxylic acid groups (broad SMARTS) is 1. The number of imidazole rings is 1. The van der Waals surface area contributed by atoms with Crippen molar-refractivity contribution in [2.45, 2.75) is 52.2 Å². The number of aliphatic carboxylic acids is 1. The molecule has 2 aromatic rings. The first kappa shape index (κ1) is 21.7. The monoisotopic (exact) mass is 393 g/mol. The van der Waals surface area contributed by atoms with Crippen LogP contribution in [0.25, 0.3) is 0 Å². The van der Waals surface area contributed by atoms with Gasteiger partial charge in [-0.25, -0.2) is 13.8 Å². The Bertz CT molecular complexity index is 836. The summed E-state index contributed by atoms with van der Waals surface area (Å²) in [5.41, 5.74) is 0.647. The molecule has 1 aromatic heterocycles. The van der Waals surface area contributed by atoms with Gasteiger partial charge in [0.15, 0.2) is 11.6 Å². The van der Waals surface area contributed by atoms with Gasteiger partial charge in [-0.15, -0.1) is 0 Å². The van der Waals surface area contributed by atoms with Gasteiger partial charge in [-0.1, -0.05) is 26.0 Å². The molecule has 8 heteroatoms. The SMILES string of the molecule is CC(=O)C(CC(C)C)N[C@@H](Cc1cn(Cc2cccc(F)c2F)cn1)C(=O)O. The molecule has 6 nitrogen and oxygen atoms in total. The molecule has 1 unspecified atom stereocenters. The normalized spacial score (nSPS) is 13.5. The Morgan fingerprint density at radius 2 is 1.96 bits per heavy atom. The van der Waals surface area contributed by atoms with E-state index < -0.39 is 29.7 Å². The predicted molar refractivity (Wildman–Crippen MR) is 99.9 cm³/mol. The molecule has 0 bridgehead atoms. The van der Waals surface area contributed by atoms with Gasteiger partial charge in [0.2, 0.25) is 0 Å². The number of carbonyl (C=O) groups excluding carboxylic acids is 1. The van der Waals surface area contributed by atoms with E-state index in [0.717, 1.165) is 6.07 Å². The number of aromatic nitrogens is 2. The van der Waals surface area contributed by atoms with Crippen molar-refractivity contribution in [1.82, 2.24) is 14.9 Å². The van der Waals surface area contributed by atoms with Crippen LogP contribution in [0.15, 0.2) is 30.7 Å². The van der Waals surface area contributed by atoms with E-state index in [0.29, 0.717) is 12.1 Å². The van der Waals surface area contributed by atoms with E-state index in [4.69, 9.17) is 0 Å². The van der Waals surface area contributed by atoms with E-state index >= 15 is 0 Å². The number of nitrogens with one attached hydrogen (secondary N) is 1. The average Bonchev–Trinajstić information content (AvgIpc) is 3.04. The quantitative estimate of drug-likeness (QED) is 0.649. The molecule has 0 aliphatic rings. The molecule has 0 spiro atoms. The molecule has 0 radical (unpaired) electrons. The van der Waals surface area contributed by atoms with E-state index in [9.17, 15) is 23.5 Å². The van der Waals surface area contributed by atoms with Crippen LogP contribution in [-0.2, 0) is 22.6 Å². The number of Topliss-reactive ketones (excluding diaryl/α,β-unsaturated/α-hetero) is 1. The number of nitrogens with zero attached hydrogens (tertiary/aromatic N) is 2. The molecule has 2 N–H and O–H groups in total. The Labute approximate surface area is 162 Å². The molecule has 0 saturated heterocycles. The molecular formula is C20H25F2N3O3. The number of rotatable bonds is 10. The van der Waals surface area contributed by atoms with Crippen LogP contribution in [-0.4, -0.2) is 38.5 Å². The lowest BCUT2D eigenvalue weighted by Gasteiger charge is -2.22. The van der Waals surface area contributed by atoms with Crippen LogP contribution in [0.5, 0.6) is 0 Å². The summed E-state index contributed by atoms with van der Waals surface area (Å²) in [7, 11) is 0. The van der Waals surface area contributed by atoms with Gasteiger partial charge in [0.1, 0.15) is 11.8 Å². The van der Waals surface area contributed by atoms with Crippen LogP contribution in [0.1, 0.15) is 38.4 Å². The van der Waals surface area contributed by atoms with Crippen molar-refractivity contribution < 1.29 is 23.5 Å². The zero-order valence-electron chi connectivity index (χ0n) is 16.2. The highest BCUT2D eigenvalue weighted by molar-refractivity contribution is 5.82. The van der Waals surface area contributed by atoms with Crippen molar-refractivity contribution in [2.24, 2.45) is 5.92 Å². The zero-order valence-corrected chi connectivity index (χ0v) is 16.2. The number of carbonyl (C=O) groups is 2. The van der Waals surface area contributed by atoms with Gasteiger partial charge in [-0.2, -0.15) is 0 Å². The van der Waals surface area contributed by atoms with Gasteiger partial charge in [0, 0.05) is 18.2 Å². The first-order valence-corrected chi connectivity index (χ1v) is 9.10. The summed E-state index contributed by atoms with van der Waals surface area (Å²) in [5, 5.41) is 12.4. The molecule has 0 fully saturated rings.